The van der Waals surface area contributed by atoms with Gasteiger partial charge in [-0.15, -0.1) is 0 Å². The van der Waals surface area contributed by atoms with Gasteiger partial charge >= 0.3 is 0 Å². The van der Waals surface area contributed by atoms with Crippen molar-refractivity contribution < 1.29 is 14.3 Å². The van der Waals surface area contributed by atoms with E-state index in [0.29, 0.717) is 0 Å². The molecule has 23 heavy (non-hydrogen) atoms. The molecule has 0 saturated heterocycles. The van der Waals surface area contributed by atoms with Crippen molar-refractivity contribution in [1.29, 1.82) is 0 Å². The van der Waals surface area contributed by atoms with Crippen LogP contribution in [0.5, 0.6) is 5.75 Å². The summed E-state index contributed by atoms with van der Waals surface area (Å²) < 4.78 is 6.61. The molecule has 0 atom stereocenters. The second kappa shape index (κ2) is 6.18. The van der Waals surface area contributed by atoms with E-state index < -0.39 is 17.1 Å². The molecule has 0 radical (unpaired) electrons. The quantitative estimate of drug-likeness (QED) is 0.760. The zero-order valence-corrected chi connectivity index (χ0v) is 12.0. The van der Waals surface area contributed by atoms with E-state index in [-0.39, 0.29) is 12.3 Å². The molecular weight excluding hydrogens is 298 g/mol. The Kier molecular flexibility index (Phi) is 3.92. The van der Waals surface area contributed by atoms with Gasteiger partial charge in [-0.05, 0) is 23.8 Å². The summed E-state index contributed by atoms with van der Waals surface area (Å²) in [5.74, 6) is -1.23. The SMILES string of the molecule is O=C(NCc1cccc(-n2cccn2)c1)c1cc(=O)c(O)co1. The highest BCUT2D eigenvalue weighted by Crippen LogP contribution is 2.10. The predicted molar refractivity (Wildman–Crippen MR) is 81.4 cm³/mol. The largest absolute Gasteiger partial charge is 0.502 e. The molecule has 2 aromatic heterocycles. The number of nitrogens with zero attached hydrogens (tertiary/aromatic N) is 2. The molecular formula is C16H13N3O4. The monoisotopic (exact) mass is 311 g/mol. The van der Waals surface area contributed by atoms with E-state index in [0.717, 1.165) is 23.6 Å². The van der Waals surface area contributed by atoms with E-state index >= 15 is 0 Å². The number of nitrogens with one attached hydrogen (secondary N) is 1. The first kappa shape index (κ1) is 14.6. The van der Waals surface area contributed by atoms with Gasteiger partial charge < -0.3 is 14.8 Å². The predicted octanol–water partition coefficient (Wildman–Crippen LogP) is 1.46. The minimum absolute atomic E-state index is 0.156. The number of aromatic hydroxyl groups is 1. The van der Waals surface area contributed by atoms with Gasteiger partial charge in [-0.25, -0.2) is 4.68 Å². The number of aromatic nitrogens is 2. The maximum atomic E-state index is 12.0. The smallest absolute Gasteiger partial charge is 0.287 e. The van der Waals surface area contributed by atoms with Gasteiger partial charge in [0.25, 0.3) is 5.91 Å². The fraction of sp³-hybridized carbons (Fsp3) is 0.0625. The lowest BCUT2D eigenvalue weighted by Gasteiger charge is -2.07. The van der Waals surface area contributed by atoms with Crippen molar-refractivity contribution in [3.05, 3.63) is 76.6 Å². The lowest BCUT2D eigenvalue weighted by atomic mass is 10.2. The summed E-state index contributed by atoms with van der Waals surface area (Å²) in [6, 6.07) is 10.3. The maximum Gasteiger partial charge on any atom is 0.287 e. The topological polar surface area (TPSA) is 97.4 Å². The first-order valence-electron chi connectivity index (χ1n) is 6.82. The van der Waals surface area contributed by atoms with Gasteiger partial charge in [0.1, 0.15) is 6.26 Å². The molecule has 0 unspecified atom stereocenters. The molecule has 0 aliphatic carbocycles. The first-order chi connectivity index (χ1) is 11.1. The van der Waals surface area contributed by atoms with Crippen molar-refractivity contribution >= 4 is 5.91 Å². The molecule has 0 saturated carbocycles. The van der Waals surface area contributed by atoms with Crippen molar-refractivity contribution in [1.82, 2.24) is 15.1 Å². The highest BCUT2D eigenvalue weighted by Gasteiger charge is 2.10. The molecule has 116 valence electrons. The lowest BCUT2D eigenvalue weighted by molar-refractivity contribution is 0.0920. The van der Waals surface area contributed by atoms with Crippen LogP contribution in [0, 0.1) is 0 Å². The number of benzene rings is 1. The summed E-state index contributed by atoms with van der Waals surface area (Å²) in [6.07, 6.45) is 4.35. The fourth-order valence-corrected chi connectivity index (χ4v) is 2.02. The van der Waals surface area contributed by atoms with Crippen molar-refractivity contribution in [2.75, 3.05) is 0 Å². The number of amides is 1. The highest BCUT2D eigenvalue weighted by molar-refractivity contribution is 5.91. The first-order valence-corrected chi connectivity index (χ1v) is 6.82. The number of carbonyl (C=O) groups is 1. The lowest BCUT2D eigenvalue weighted by Crippen LogP contribution is -2.23. The van der Waals surface area contributed by atoms with Crippen LogP contribution >= 0.6 is 0 Å². The minimum atomic E-state index is -0.665. The molecule has 7 nitrogen and oxygen atoms in total. The standard InChI is InChI=1S/C16H13N3O4/c20-13-8-15(23-10-14(13)21)16(22)17-9-11-3-1-4-12(7-11)19-6-2-5-18-19/h1-8,10,21H,9H2,(H,17,22). The Bertz CT molecular complexity index is 884. The Morgan fingerprint density at radius 1 is 1.30 bits per heavy atom. The number of rotatable bonds is 4. The van der Waals surface area contributed by atoms with E-state index in [4.69, 9.17) is 9.52 Å². The molecule has 0 aliphatic heterocycles. The van der Waals surface area contributed by atoms with Crippen LogP contribution in [0.15, 0.2) is 64.3 Å². The van der Waals surface area contributed by atoms with Gasteiger partial charge in [0.05, 0.1) is 5.69 Å². The zero-order chi connectivity index (χ0) is 16.2. The normalized spacial score (nSPS) is 10.4. The molecule has 2 heterocycles. The fourth-order valence-electron chi connectivity index (χ4n) is 2.02. The molecule has 3 rings (SSSR count). The van der Waals surface area contributed by atoms with Crippen molar-refractivity contribution in [3.63, 3.8) is 0 Å². The Morgan fingerprint density at radius 3 is 2.91 bits per heavy atom. The summed E-state index contributed by atoms with van der Waals surface area (Å²) in [5, 5.41) is 15.9. The molecule has 1 amide bonds. The molecule has 7 heteroatoms. The second-order valence-electron chi connectivity index (χ2n) is 4.80. The Morgan fingerprint density at radius 2 is 2.17 bits per heavy atom. The van der Waals surface area contributed by atoms with E-state index in [9.17, 15) is 9.59 Å². The van der Waals surface area contributed by atoms with E-state index in [1.54, 1.807) is 10.9 Å². The second-order valence-corrected chi connectivity index (χ2v) is 4.80. The average Bonchev–Trinajstić information content (AvgIpc) is 3.10. The zero-order valence-electron chi connectivity index (χ0n) is 12.0. The van der Waals surface area contributed by atoms with Crippen molar-refractivity contribution in [2.45, 2.75) is 6.54 Å². The van der Waals surface area contributed by atoms with Gasteiger partial charge in [-0.1, -0.05) is 12.1 Å². The molecule has 3 aromatic rings. The molecule has 0 fully saturated rings. The Hall–Kier alpha value is -3.35. The van der Waals surface area contributed by atoms with Gasteiger partial charge in [0, 0.05) is 25.0 Å². The van der Waals surface area contributed by atoms with Crippen molar-refractivity contribution in [2.24, 2.45) is 0 Å². The van der Waals surface area contributed by atoms with Crippen LogP contribution in [0.4, 0.5) is 0 Å². The summed E-state index contributed by atoms with van der Waals surface area (Å²) >= 11 is 0. The third-order valence-corrected chi connectivity index (χ3v) is 3.17. The molecule has 1 aromatic carbocycles. The van der Waals surface area contributed by atoms with Gasteiger partial charge in [0.2, 0.25) is 5.43 Å². The van der Waals surface area contributed by atoms with Crippen LogP contribution in [0.1, 0.15) is 16.1 Å². The van der Waals surface area contributed by atoms with E-state index in [1.165, 1.54) is 0 Å². The summed E-state index contributed by atoms with van der Waals surface area (Å²) in [4.78, 5) is 23.2. The minimum Gasteiger partial charge on any atom is -0.502 e. The van der Waals surface area contributed by atoms with Crippen LogP contribution in [-0.2, 0) is 6.54 Å². The van der Waals surface area contributed by atoms with E-state index in [1.807, 2.05) is 36.5 Å². The molecule has 0 bridgehead atoms. The Balaban J connectivity index is 1.70. The van der Waals surface area contributed by atoms with Crippen LogP contribution in [0.3, 0.4) is 0 Å². The van der Waals surface area contributed by atoms with Crippen LogP contribution in [0.25, 0.3) is 5.69 Å². The maximum absolute atomic E-state index is 12.0. The van der Waals surface area contributed by atoms with Gasteiger partial charge in [-0.2, -0.15) is 5.10 Å². The van der Waals surface area contributed by atoms with Gasteiger partial charge in [-0.3, -0.25) is 9.59 Å². The number of hydrogen-bond donors (Lipinski definition) is 2. The highest BCUT2D eigenvalue weighted by atomic mass is 16.4. The van der Waals surface area contributed by atoms with Gasteiger partial charge in [0.15, 0.2) is 11.5 Å². The van der Waals surface area contributed by atoms with E-state index in [2.05, 4.69) is 10.4 Å². The third kappa shape index (κ3) is 3.29. The summed E-state index contributed by atoms with van der Waals surface area (Å²) in [5.41, 5.74) is 1.08. The van der Waals surface area contributed by atoms with Crippen molar-refractivity contribution in [3.8, 4) is 11.4 Å². The molecule has 2 N–H and O–H groups in total. The number of hydrogen-bond acceptors (Lipinski definition) is 5. The number of carbonyl (C=O) groups excluding carboxylic acids is 1. The third-order valence-electron chi connectivity index (χ3n) is 3.17. The van der Waals surface area contributed by atoms with Crippen LogP contribution < -0.4 is 10.7 Å². The molecule has 0 aliphatic rings. The average molecular weight is 311 g/mol. The molecule has 0 spiro atoms. The Labute approximate surface area is 130 Å². The van der Waals surface area contributed by atoms with Crippen LogP contribution in [-0.4, -0.2) is 20.8 Å². The van der Waals surface area contributed by atoms with Crippen LogP contribution in [0.2, 0.25) is 0 Å². The summed E-state index contributed by atoms with van der Waals surface area (Å²) in [7, 11) is 0. The summed E-state index contributed by atoms with van der Waals surface area (Å²) in [6.45, 7) is 0.262.